The molecule has 1 aromatic carbocycles. The first-order valence-electron chi connectivity index (χ1n) is 6.62. The number of aromatic nitrogens is 2. The topological polar surface area (TPSA) is 66.7 Å². The normalized spacial score (nSPS) is 13.0. The van der Waals surface area contributed by atoms with E-state index in [1.165, 1.54) is 5.56 Å². The minimum atomic E-state index is 0.610. The third-order valence-electron chi connectivity index (χ3n) is 3.29. The van der Waals surface area contributed by atoms with Crippen molar-refractivity contribution in [1.29, 1.82) is 0 Å². The fourth-order valence-corrected chi connectivity index (χ4v) is 1.96. The molecule has 1 aromatic heterocycles. The SMILES string of the molecule is CC(CN)CCNCCc1ccc2nc[nH]c2c1. The van der Waals surface area contributed by atoms with Crippen LogP contribution in [0.25, 0.3) is 11.0 Å². The molecule has 0 bridgehead atoms. The summed E-state index contributed by atoms with van der Waals surface area (Å²) in [6.45, 7) is 5.02. The van der Waals surface area contributed by atoms with Gasteiger partial charge in [-0.3, -0.25) is 0 Å². The second kappa shape index (κ2) is 6.52. The van der Waals surface area contributed by atoms with Crippen LogP contribution in [0.3, 0.4) is 0 Å². The van der Waals surface area contributed by atoms with Crippen LogP contribution in [0.15, 0.2) is 24.5 Å². The molecule has 0 aliphatic heterocycles. The highest BCUT2D eigenvalue weighted by molar-refractivity contribution is 5.74. The number of hydrogen-bond acceptors (Lipinski definition) is 3. The summed E-state index contributed by atoms with van der Waals surface area (Å²) in [5.41, 5.74) is 9.07. The second-order valence-electron chi connectivity index (χ2n) is 4.88. The van der Waals surface area contributed by atoms with Crippen LogP contribution >= 0.6 is 0 Å². The molecule has 4 N–H and O–H groups in total. The maximum Gasteiger partial charge on any atom is 0.0931 e. The molecule has 1 heterocycles. The lowest BCUT2D eigenvalue weighted by Gasteiger charge is -2.09. The van der Waals surface area contributed by atoms with Crippen molar-refractivity contribution in [3.63, 3.8) is 0 Å². The summed E-state index contributed by atoms with van der Waals surface area (Å²) < 4.78 is 0. The summed E-state index contributed by atoms with van der Waals surface area (Å²) in [5.74, 6) is 0.610. The van der Waals surface area contributed by atoms with Gasteiger partial charge in [0, 0.05) is 0 Å². The Bertz CT molecular complexity index is 477. The van der Waals surface area contributed by atoms with Gasteiger partial charge in [0.15, 0.2) is 0 Å². The van der Waals surface area contributed by atoms with E-state index in [-0.39, 0.29) is 0 Å². The van der Waals surface area contributed by atoms with Crippen LogP contribution in [0.2, 0.25) is 0 Å². The zero-order valence-corrected chi connectivity index (χ0v) is 10.9. The standard InChI is InChI=1S/C14H22N4/c1-11(9-15)4-6-16-7-5-12-2-3-13-14(8-12)18-10-17-13/h2-3,8,10-11,16H,4-7,9,15H2,1H3,(H,17,18). The van der Waals surface area contributed by atoms with Crippen molar-refractivity contribution in [2.75, 3.05) is 19.6 Å². The zero-order valence-electron chi connectivity index (χ0n) is 10.9. The monoisotopic (exact) mass is 246 g/mol. The number of H-pyrrole nitrogens is 1. The molecular weight excluding hydrogens is 224 g/mol. The molecule has 0 spiro atoms. The van der Waals surface area contributed by atoms with Crippen LogP contribution in [-0.4, -0.2) is 29.6 Å². The number of benzene rings is 1. The Labute approximate surface area is 108 Å². The number of nitrogens with one attached hydrogen (secondary N) is 2. The van der Waals surface area contributed by atoms with Crippen LogP contribution in [0.4, 0.5) is 0 Å². The van der Waals surface area contributed by atoms with Gasteiger partial charge in [-0.2, -0.15) is 0 Å². The van der Waals surface area contributed by atoms with E-state index >= 15 is 0 Å². The predicted octanol–water partition coefficient (Wildman–Crippen LogP) is 1.68. The average Bonchev–Trinajstić information content (AvgIpc) is 2.85. The Kier molecular flexibility index (Phi) is 4.73. The largest absolute Gasteiger partial charge is 0.345 e. The lowest BCUT2D eigenvalue weighted by molar-refractivity contribution is 0.511. The fourth-order valence-electron chi connectivity index (χ4n) is 1.96. The number of rotatable bonds is 7. The van der Waals surface area contributed by atoms with Crippen molar-refractivity contribution in [1.82, 2.24) is 15.3 Å². The van der Waals surface area contributed by atoms with Gasteiger partial charge in [-0.1, -0.05) is 13.0 Å². The number of fused-ring (bicyclic) bond motifs is 1. The van der Waals surface area contributed by atoms with Crippen molar-refractivity contribution in [2.24, 2.45) is 11.7 Å². The molecule has 4 heteroatoms. The average molecular weight is 246 g/mol. The van der Waals surface area contributed by atoms with Crippen molar-refractivity contribution >= 4 is 11.0 Å². The molecular formula is C14H22N4. The molecule has 18 heavy (non-hydrogen) atoms. The lowest BCUT2D eigenvalue weighted by atomic mass is 10.1. The molecule has 0 aliphatic rings. The third kappa shape index (κ3) is 3.55. The maximum absolute atomic E-state index is 5.58. The van der Waals surface area contributed by atoms with E-state index in [1.807, 2.05) is 0 Å². The Morgan fingerprint density at radius 1 is 1.39 bits per heavy atom. The van der Waals surface area contributed by atoms with Crippen LogP contribution in [0.5, 0.6) is 0 Å². The van der Waals surface area contributed by atoms with Gasteiger partial charge < -0.3 is 16.0 Å². The predicted molar refractivity (Wildman–Crippen MR) is 75.5 cm³/mol. The van der Waals surface area contributed by atoms with E-state index in [1.54, 1.807) is 6.33 Å². The fraction of sp³-hybridized carbons (Fsp3) is 0.500. The van der Waals surface area contributed by atoms with Gasteiger partial charge in [-0.05, 0) is 56.1 Å². The first kappa shape index (κ1) is 13.1. The summed E-state index contributed by atoms with van der Waals surface area (Å²) in [6, 6.07) is 6.39. The molecule has 0 saturated carbocycles. The molecule has 2 rings (SSSR count). The van der Waals surface area contributed by atoms with Crippen LogP contribution in [0.1, 0.15) is 18.9 Å². The Morgan fingerprint density at radius 2 is 2.28 bits per heavy atom. The summed E-state index contributed by atoms with van der Waals surface area (Å²) in [4.78, 5) is 7.35. The number of aromatic amines is 1. The Morgan fingerprint density at radius 3 is 3.11 bits per heavy atom. The van der Waals surface area contributed by atoms with E-state index in [9.17, 15) is 0 Å². The highest BCUT2D eigenvalue weighted by Crippen LogP contribution is 2.11. The maximum atomic E-state index is 5.58. The molecule has 0 radical (unpaired) electrons. The zero-order chi connectivity index (χ0) is 12.8. The van der Waals surface area contributed by atoms with Gasteiger partial charge >= 0.3 is 0 Å². The van der Waals surface area contributed by atoms with Crippen LogP contribution in [0, 0.1) is 5.92 Å². The quantitative estimate of drug-likeness (QED) is 0.651. The summed E-state index contributed by atoms with van der Waals surface area (Å²) >= 11 is 0. The van der Waals surface area contributed by atoms with Gasteiger partial charge in [0.1, 0.15) is 0 Å². The van der Waals surface area contributed by atoms with Crippen molar-refractivity contribution in [3.8, 4) is 0 Å². The van der Waals surface area contributed by atoms with Crippen molar-refractivity contribution < 1.29 is 0 Å². The highest BCUT2D eigenvalue weighted by atomic mass is 14.9. The molecule has 4 nitrogen and oxygen atoms in total. The molecule has 1 unspecified atom stereocenters. The minimum Gasteiger partial charge on any atom is -0.345 e. The Hall–Kier alpha value is -1.39. The van der Waals surface area contributed by atoms with E-state index < -0.39 is 0 Å². The smallest absolute Gasteiger partial charge is 0.0931 e. The van der Waals surface area contributed by atoms with Crippen molar-refractivity contribution in [2.45, 2.75) is 19.8 Å². The van der Waals surface area contributed by atoms with Gasteiger partial charge in [-0.15, -0.1) is 0 Å². The first-order valence-corrected chi connectivity index (χ1v) is 6.62. The van der Waals surface area contributed by atoms with Gasteiger partial charge in [0.05, 0.1) is 17.4 Å². The molecule has 0 amide bonds. The molecule has 2 aromatic rings. The Balaban J connectivity index is 1.73. The summed E-state index contributed by atoms with van der Waals surface area (Å²) in [7, 11) is 0. The molecule has 0 fully saturated rings. The summed E-state index contributed by atoms with van der Waals surface area (Å²) in [6.07, 6.45) is 3.93. The molecule has 98 valence electrons. The van der Waals surface area contributed by atoms with E-state index in [2.05, 4.69) is 40.4 Å². The number of hydrogen-bond donors (Lipinski definition) is 3. The third-order valence-corrected chi connectivity index (χ3v) is 3.29. The molecule has 0 aliphatic carbocycles. The van der Waals surface area contributed by atoms with Crippen LogP contribution < -0.4 is 11.1 Å². The number of nitrogens with zero attached hydrogens (tertiary/aromatic N) is 1. The highest BCUT2D eigenvalue weighted by Gasteiger charge is 2.00. The first-order chi connectivity index (χ1) is 8.79. The van der Waals surface area contributed by atoms with E-state index in [0.29, 0.717) is 5.92 Å². The number of imidazole rings is 1. The second-order valence-corrected chi connectivity index (χ2v) is 4.88. The lowest BCUT2D eigenvalue weighted by Crippen LogP contribution is -2.22. The van der Waals surface area contributed by atoms with Gasteiger partial charge in [0.25, 0.3) is 0 Å². The van der Waals surface area contributed by atoms with E-state index in [0.717, 1.165) is 43.5 Å². The van der Waals surface area contributed by atoms with Crippen molar-refractivity contribution in [3.05, 3.63) is 30.1 Å². The van der Waals surface area contributed by atoms with E-state index in [4.69, 9.17) is 5.73 Å². The molecule has 0 saturated heterocycles. The number of nitrogens with two attached hydrogens (primary N) is 1. The van der Waals surface area contributed by atoms with Gasteiger partial charge in [-0.25, -0.2) is 4.98 Å². The van der Waals surface area contributed by atoms with Crippen LogP contribution in [-0.2, 0) is 6.42 Å². The van der Waals surface area contributed by atoms with Gasteiger partial charge in [0.2, 0.25) is 0 Å². The molecule has 1 atom stereocenters. The summed E-state index contributed by atoms with van der Waals surface area (Å²) in [5, 5.41) is 3.46. The minimum absolute atomic E-state index is 0.610.